The van der Waals surface area contributed by atoms with E-state index in [1.807, 2.05) is 55.5 Å². The summed E-state index contributed by atoms with van der Waals surface area (Å²) in [5, 5.41) is 12.7. The lowest BCUT2D eigenvalue weighted by Crippen LogP contribution is -2.07. The standard InChI is InChI=1S/C23H18ClN5O2S/c1-15-6-12-18(13-7-15)32(30,31)23-22-26-21(25-14-16-8-10-17(24)11-9-16)19-4-2-3-5-20(19)29(22)28-27-23/h2-13H,14H2,1H3,(H,25,26). The van der Waals surface area contributed by atoms with Crippen LogP contribution in [0.25, 0.3) is 16.6 Å². The van der Waals surface area contributed by atoms with Crippen molar-refractivity contribution in [2.45, 2.75) is 23.4 Å². The largest absolute Gasteiger partial charge is 0.365 e. The van der Waals surface area contributed by atoms with E-state index < -0.39 is 9.84 Å². The fourth-order valence-electron chi connectivity index (χ4n) is 3.47. The van der Waals surface area contributed by atoms with Gasteiger partial charge in [0.15, 0.2) is 5.65 Å². The molecule has 0 spiro atoms. The summed E-state index contributed by atoms with van der Waals surface area (Å²) in [5.74, 6) is 0.547. The van der Waals surface area contributed by atoms with E-state index in [9.17, 15) is 8.42 Å². The van der Waals surface area contributed by atoms with Crippen molar-refractivity contribution in [2.24, 2.45) is 0 Å². The van der Waals surface area contributed by atoms with E-state index in [0.717, 1.165) is 16.5 Å². The number of aromatic nitrogens is 4. The Bertz CT molecular complexity index is 1550. The quantitative estimate of drug-likeness (QED) is 0.407. The summed E-state index contributed by atoms with van der Waals surface area (Å²) < 4.78 is 28.0. The van der Waals surface area contributed by atoms with Crippen LogP contribution in [0, 0.1) is 6.92 Å². The van der Waals surface area contributed by atoms with Crippen LogP contribution < -0.4 is 5.32 Å². The predicted molar refractivity (Wildman–Crippen MR) is 124 cm³/mol. The Balaban J connectivity index is 1.64. The van der Waals surface area contributed by atoms with Gasteiger partial charge in [0.2, 0.25) is 14.9 Å². The topological polar surface area (TPSA) is 89.2 Å². The summed E-state index contributed by atoms with van der Waals surface area (Å²) in [7, 11) is -3.90. The van der Waals surface area contributed by atoms with Crippen molar-refractivity contribution in [1.29, 1.82) is 0 Å². The number of rotatable bonds is 5. The number of benzene rings is 3. The molecule has 1 N–H and O–H groups in total. The highest BCUT2D eigenvalue weighted by molar-refractivity contribution is 7.91. The summed E-state index contributed by atoms with van der Waals surface area (Å²) in [5.41, 5.74) is 2.85. The van der Waals surface area contributed by atoms with Crippen LogP contribution >= 0.6 is 11.6 Å². The first-order chi connectivity index (χ1) is 15.4. The average molecular weight is 464 g/mol. The second-order valence-electron chi connectivity index (χ2n) is 7.40. The van der Waals surface area contributed by atoms with E-state index >= 15 is 0 Å². The van der Waals surface area contributed by atoms with Crippen LogP contribution in [0.3, 0.4) is 0 Å². The van der Waals surface area contributed by atoms with Gasteiger partial charge in [-0.3, -0.25) is 0 Å². The molecule has 5 rings (SSSR count). The van der Waals surface area contributed by atoms with E-state index in [1.54, 1.807) is 24.3 Å². The van der Waals surface area contributed by atoms with Crippen molar-refractivity contribution in [3.8, 4) is 0 Å². The van der Waals surface area contributed by atoms with E-state index in [2.05, 4.69) is 20.6 Å². The summed E-state index contributed by atoms with van der Waals surface area (Å²) in [6.45, 7) is 2.39. The van der Waals surface area contributed by atoms with Gasteiger partial charge in [0.1, 0.15) is 5.82 Å². The molecule has 32 heavy (non-hydrogen) atoms. The third-order valence-corrected chi connectivity index (χ3v) is 7.10. The lowest BCUT2D eigenvalue weighted by Gasteiger charge is -2.11. The zero-order valence-electron chi connectivity index (χ0n) is 17.0. The maximum absolute atomic E-state index is 13.3. The molecule has 2 aromatic heterocycles. The molecule has 0 saturated heterocycles. The first-order valence-corrected chi connectivity index (χ1v) is 11.7. The number of nitrogens with zero attached hydrogens (tertiary/aromatic N) is 4. The molecule has 9 heteroatoms. The molecule has 5 aromatic rings. The highest BCUT2D eigenvalue weighted by Gasteiger charge is 2.27. The van der Waals surface area contributed by atoms with Gasteiger partial charge in [-0.15, -0.1) is 5.10 Å². The lowest BCUT2D eigenvalue weighted by molar-refractivity contribution is 0.592. The molecular formula is C23H18ClN5O2S. The maximum Gasteiger partial charge on any atom is 0.229 e. The number of sulfone groups is 1. The number of hydrogen-bond donors (Lipinski definition) is 1. The van der Waals surface area contributed by atoms with E-state index in [0.29, 0.717) is 22.9 Å². The highest BCUT2D eigenvalue weighted by Crippen LogP contribution is 2.28. The Morgan fingerprint density at radius 3 is 2.44 bits per heavy atom. The smallest absolute Gasteiger partial charge is 0.229 e. The van der Waals surface area contributed by atoms with Crippen molar-refractivity contribution in [2.75, 3.05) is 5.32 Å². The van der Waals surface area contributed by atoms with Gasteiger partial charge in [0, 0.05) is 17.0 Å². The SMILES string of the molecule is Cc1ccc(S(=O)(=O)c2nnn3c2nc(NCc2ccc(Cl)cc2)c2ccccc23)cc1. The molecule has 7 nitrogen and oxygen atoms in total. The van der Waals surface area contributed by atoms with Gasteiger partial charge in [-0.2, -0.15) is 4.52 Å². The van der Waals surface area contributed by atoms with Gasteiger partial charge < -0.3 is 5.32 Å². The molecule has 0 amide bonds. The third kappa shape index (κ3) is 3.57. The molecule has 0 aliphatic carbocycles. The number of para-hydroxylation sites is 1. The molecule has 2 heterocycles. The molecule has 0 radical (unpaired) electrons. The summed E-state index contributed by atoms with van der Waals surface area (Å²) in [6.07, 6.45) is 0. The third-order valence-electron chi connectivity index (χ3n) is 5.18. The fraction of sp³-hybridized carbons (Fsp3) is 0.0870. The van der Waals surface area contributed by atoms with Crippen molar-refractivity contribution < 1.29 is 8.42 Å². The number of nitrogens with one attached hydrogen (secondary N) is 1. The molecule has 0 atom stereocenters. The number of hydrogen-bond acceptors (Lipinski definition) is 6. The van der Waals surface area contributed by atoms with Crippen LogP contribution in [0.2, 0.25) is 5.02 Å². The van der Waals surface area contributed by atoms with Crippen LogP contribution in [-0.2, 0) is 16.4 Å². The summed E-state index contributed by atoms with van der Waals surface area (Å²) in [6, 6.07) is 21.6. The molecular weight excluding hydrogens is 446 g/mol. The minimum atomic E-state index is -3.90. The maximum atomic E-state index is 13.3. The molecule has 0 unspecified atom stereocenters. The Kier molecular flexibility index (Phi) is 5.03. The molecule has 3 aromatic carbocycles. The van der Waals surface area contributed by atoms with Crippen molar-refractivity contribution in [3.63, 3.8) is 0 Å². The zero-order valence-corrected chi connectivity index (χ0v) is 18.6. The van der Waals surface area contributed by atoms with E-state index in [1.165, 1.54) is 4.52 Å². The van der Waals surface area contributed by atoms with Gasteiger partial charge in [0.05, 0.1) is 10.4 Å². The number of halogens is 1. The minimum Gasteiger partial charge on any atom is -0.365 e. The normalized spacial score (nSPS) is 11.8. The minimum absolute atomic E-state index is 0.149. The Hall–Kier alpha value is -3.49. The number of aryl methyl sites for hydroxylation is 1. The Morgan fingerprint density at radius 1 is 0.969 bits per heavy atom. The van der Waals surface area contributed by atoms with Gasteiger partial charge in [-0.05, 0) is 48.9 Å². The molecule has 0 saturated carbocycles. The highest BCUT2D eigenvalue weighted by atomic mass is 35.5. The monoisotopic (exact) mass is 463 g/mol. The van der Waals surface area contributed by atoms with Gasteiger partial charge in [-0.1, -0.05) is 58.8 Å². The lowest BCUT2D eigenvalue weighted by atomic mass is 10.2. The molecule has 0 aliphatic heterocycles. The number of fused-ring (bicyclic) bond motifs is 3. The average Bonchev–Trinajstić information content (AvgIpc) is 3.24. The second kappa shape index (κ2) is 7.89. The van der Waals surface area contributed by atoms with Gasteiger partial charge >= 0.3 is 0 Å². The van der Waals surface area contributed by atoms with E-state index in [4.69, 9.17) is 11.6 Å². The Labute approximate surface area is 189 Å². The Morgan fingerprint density at radius 2 is 1.69 bits per heavy atom. The van der Waals surface area contributed by atoms with Crippen molar-refractivity contribution >= 4 is 43.8 Å². The number of anilines is 1. The van der Waals surface area contributed by atoms with Crippen molar-refractivity contribution in [3.05, 3.63) is 88.9 Å². The first-order valence-electron chi connectivity index (χ1n) is 9.88. The van der Waals surface area contributed by atoms with Crippen LogP contribution in [0.5, 0.6) is 0 Å². The molecule has 0 aliphatic rings. The van der Waals surface area contributed by atoms with Crippen LogP contribution in [0.1, 0.15) is 11.1 Å². The van der Waals surface area contributed by atoms with Gasteiger partial charge in [0.25, 0.3) is 0 Å². The molecule has 160 valence electrons. The van der Waals surface area contributed by atoms with Crippen molar-refractivity contribution in [1.82, 2.24) is 19.8 Å². The molecule has 0 fully saturated rings. The van der Waals surface area contributed by atoms with E-state index in [-0.39, 0.29) is 15.6 Å². The second-order valence-corrected chi connectivity index (χ2v) is 9.71. The van der Waals surface area contributed by atoms with Gasteiger partial charge in [-0.25, -0.2) is 13.4 Å². The fourth-order valence-corrected chi connectivity index (χ4v) is 4.83. The molecule has 0 bridgehead atoms. The predicted octanol–water partition coefficient (Wildman–Crippen LogP) is 4.68. The first kappa shape index (κ1) is 20.4. The summed E-state index contributed by atoms with van der Waals surface area (Å²) in [4.78, 5) is 4.78. The van der Waals surface area contributed by atoms with Crippen LogP contribution in [0.15, 0.2) is 82.7 Å². The zero-order chi connectivity index (χ0) is 22.3. The van der Waals surface area contributed by atoms with Crippen LogP contribution in [0.4, 0.5) is 5.82 Å². The van der Waals surface area contributed by atoms with Crippen LogP contribution in [-0.4, -0.2) is 28.2 Å². The summed E-state index contributed by atoms with van der Waals surface area (Å²) >= 11 is 5.97.